The average molecular weight is 318 g/mol. The Morgan fingerprint density at radius 2 is 1.50 bits per heavy atom. The van der Waals surface area contributed by atoms with Gasteiger partial charge in [0.05, 0.1) is 5.56 Å². The Morgan fingerprint density at radius 1 is 0.875 bits per heavy atom. The molecule has 2 aliphatic carbocycles. The van der Waals surface area contributed by atoms with Gasteiger partial charge in [-0.25, -0.2) is 4.79 Å². The summed E-state index contributed by atoms with van der Waals surface area (Å²) >= 11 is 0. The van der Waals surface area contributed by atoms with E-state index in [0.717, 1.165) is 25.0 Å². The lowest BCUT2D eigenvalue weighted by Crippen LogP contribution is -2.08. The molecule has 0 N–H and O–H groups in total. The van der Waals surface area contributed by atoms with E-state index in [1.165, 1.54) is 24.0 Å². The summed E-state index contributed by atoms with van der Waals surface area (Å²) in [5.41, 5.74) is 3.35. The predicted octanol–water partition coefficient (Wildman–Crippen LogP) is 5.48. The Kier molecular flexibility index (Phi) is 4.20. The first kappa shape index (κ1) is 15.2. The van der Waals surface area contributed by atoms with E-state index in [1.54, 1.807) is 0 Å². The Balaban J connectivity index is 1.56. The van der Waals surface area contributed by atoms with Crippen LogP contribution in [0.15, 0.2) is 72.0 Å². The van der Waals surface area contributed by atoms with Crippen LogP contribution in [0.5, 0.6) is 0 Å². The van der Waals surface area contributed by atoms with E-state index in [-0.39, 0.29) is 5.97 Å². The van der Waals surface area contributed by atoms with E-state index >= 15 is 0 Å². The number of hydrogen-bond donors (Lipinski definition) is 0. The van der Waals surface area contributed by atoms with Gasteiger partial charge in [-0.05, 0) is 61.3 Å². The summed E-state index contributed by atoms with van der Waals surface area (Å²) in [4.78, 5) is 12.5. The van der Waals surface area contributed by atoms with Gasteiger partial charge in [-0.1, -0.05) is 48.5 Å². The van der Waals surface area contributed by atoms with E-state index in [4.69, 9.17) is 4.74 Å². The second-order valence-corrected chi connectivity index (χ2v) is 6.79. The normalized spacial score (nSPS) is 22.2. The molecule has 2 heteroatoms. The molecule has 2 fully saturated rings. The first-order valence-electron chi connectivity index (χ1n) is 8.87. The van der Waals surface area contributed by atoms with Gasteiger partial charge in [-0.15, -0.1) is 0 Å². The van der Waals surface area contributed by atoms with Crippen molar-refractivity contribution in [2.24, 2.45) is 5.92 Å². The fourth-order valence-electron chi connectivity index (χ4n) is 3.74. The van der Waals surface area contributed by atoms with Crippen molar-refractivity contribution in [1.82, 2.24) is 0 Å². The highest BCUT2D eigenvalue weighted by atomic mass is 16.5. The van der Waals surface area contributed by atoms with Gasteiger partial charge in [0.2, 0.25) is 0 Å². The molecule has 0 aromatic heterocycles. The fraction of sp³-hybridized carbons (Fsp3) is 0.318. The summed E-state index contributed by atoms with van der Waals surface area (Å²) in [5, 5.41) is 0. The van der Waals surface area contributed by atoms with Gasteiger partial charge < -0.3 is 4.74 Å². The number of hydrogen-bond acceptors (Lipinski definition) is 2. The first-order valence-corrected chi connectivity index (χ1v) is 8.87. The number of carbonyl (C=O) groups is 1. The second-order valence-electron chi connectivity index (χ2n) is 6.79. The molecule has 2 nitrogen and oxygen atoms in total. The minimum Gasteiger partial charge on any atom is -0.427 e. The van der Waals surface area contributed by atoms with Crippen LogP contribution in [-0.4, -0.2) is 5.97 Å². The van der Waals surface area contributed by atoms with E-state index in [2.05, 4.69) is 24.3 Å². The first-order chi connectivity index (χ1) is 11.8. The highest BCUT2D eigenvalue weighted by Gasteiger charge is 2.44. The number of carbonyl (C=O) groups excluding carboxylic acids is 1. The molecular weight excluding hydrogens is 296 g/mol. The fourth-order valence-corrected chi connectivity index (χ4v) is 3.74. The van der Waals surface area contributed by atoms with Crippen molar-refractivity contribution < 1.29 is 9.53 Å². The maximum Gasteiger partial charge on any atom is 0.343 e. The number of allylic oxidation sites excluding steroid dienone is 2. The summed E-state index contributed by atoms with van der Waals surface area (Å²) in [7, 11) is 0. The number of esters is 1. The van der Waals surface area contributed by atoms with Gasteiger partial charge in [-0.3, -0.25) is 0 Å². The van der Waals surface area contributed by atoms with Crippen LogP contribution in [-0.2, 0) is 4.74 Å². The van der Waals surface area contributed by atoms with Gasteiger partial charge in [0.25, 0.3) is 0 Å². The Hall–Kier alpha value is -2.35. The Labute approximate surface area is 143 Å². The highest BCUT2D eigenvalue weighted by Crippen LogP contribution is 2.54. The lowest BCUT2D eigenvalue weighted by molar-refractivity contribution is 0.0601. The van der Waals surface area contributed by atoms with Crippen molar-refractivity contribution in [3.63, 3.8) is 0 Å². The largest absolute Gasteiger partial charge is 0.427 e. The number of rotatable bonds is 4. The zero-order valence-electron chi connectivity index (χ0n) is 13.8. The van der Waals surface area contributed by atoms with Crippen molar-refractivity contribution in [2.45, 2.75) is 38.0 Å². The molecule has 2 aromatic rings. The molecule has 0 bridgehead atoms. The zero-order chi connectivity index (χ0) is 16.4. The summed E-state index contributed by atoms with van der Waals surface area (Å²) in [5.74, 6) is 1.62. The topological polar surface area (TPSA) is 26.3 Å². The molecule has 0 heterocycles. The summed E-state index contributed by atoms with van der Waals surface area (Å²) in [6.07, 6.45) is 5.67. The molecule has 122 valence electrons. The van der Waals surface area contributed by atoms with Gasteiger partial charge in [-0.2, -0.15) is 0 Å². The Bertz CT molecular complexity index is 738. The molecule has 24 heavy (non-hydrogen) atoms. The molecule has 4 rings (SSSR count). The van der Waals surface area contributed by atoms with Crippen molar-refractivity contribution in [3.05, 3.63) is 83.1 Å². The predicted molar refractivity (Wildman–Crippen MR) is 94.6 cm³/mol. The van der Waals surface area contributed by atoms with E-state index < -0.39 is 0 Å². The third kappa shape index (κ3) is 3.14. The number of benzene rings is 2. The van der Waals surface area contributed by atoms with E-state index in [0.29, 0.717) is 17.4 Å². The molecule has 0 aliphatic heterocycles. The van der Waals surface area contributed by atoms with Gasteiger partial charge in [0.1, 0.15) is 5.76 Å². The van der Waals surface area contributed by atoms with Crippen LogP contribution in [0.4, 0.5) is 0 Å². The van der Waals surface area contributed by atoms with Gasteiger partial charge >= 0.3 is 5.97 Å². The highest BCUT2D eigenvalue weighted by molar-refractivity contribution is 5.90. The van der Waals surface area contributed by atoms with Crippen LogP contribution in [0.25, 0.3) is 0 Å². The summed E-state index contributed by atoms with van der Waals surface area (Å²) in [6.45, 7) is 0. The van der Waals surface area contributed by atoms with Crippen LogP contribution < -0.4 is 0 Å². The van der Waals surface area contributed by atoms with Crippen molar-refractivity contribution in [2.75, 3.05) is 0 Å². The van der Waals surface area contributed by atoms with Crippen LogP contribution in [0.1, 0.15) is 53.9 Å². The van der Waals surface area contributed by atoms with Crippen LogP contribution in [0.3, 0.4) is 0 Å². The standard InChI is InChI=1S/C22H22O2/c23-22(18-13-5-2-6-14-18)24-21(17-11-7-8-12-17)20-15-19(20)16-9-3-1-4-10-16/h1-6,9-10,13-14,19-20H,7-8,11-12,15H2. The van der Waals surface area contributed by atoms with Crippen LogP contribution in [0, 0.1) is 5.92 Å². The van der Waals surface area contributed by atoms with E-state index in [1.807, 2.05) is 36.4 Å². The van der Waals surface area contributed by atoms with Crippen molar-refractivity contribution >= 4 is 5.97 Å². The average Bonchev–Trinajstić information content (AvgIpc) is 3.25. The molecule has 0 amide bonds. The SMILES string of the molecule is O=C(OC(=C1CCCC1)C1CC1c1ccccc1)c1ccccc1. The molecule has 2 aromatic carbocycles. The van der Waals surface area contributed by atoms with Crippen molar-refractivity contribution in [3.8, 4) is 0 Å². The molecule has 0 radical (unpaired) electrons. The van der Waals surface area contributed by atoms with Gasteiger partial charge in [0.15, 0.2) is 0 Å². The Morgan fingerprint density at radius 3 is 2.17 bits per heavy atom. The third-order valence-electron chi connectivity index (χ3n) is 5.12. The van der Waals surface area contributed by atoms with Crippen molar-refractivity contribution in [1.29, 1.82) is 0 Å². The molecular formula is C22H22O2. The minimum atomic E-state index is -0.219. The monoisotopic (exact) mass is 318 g/mol. The molecule has 0 saturated heterocycles. The lowest BCUT2D eigenvalue weighted by Gasteiger charge is -2.13. The molecule has 2 atom stereocenters. The number of ether oxygens (including phenoxy) is 1. The van der Waals surface area contributed by atoms with Gasteiger partial charge in [0, 0.05) is 5.92 Å². The molecule has 2 unspecified atom stereocenters. The second kappa shape index (κ2) is 6.64. The molecule has 2 saturated carbocycles. The third-order valence-corrected chi connectivity index (χ3v) is 5.12. The van der Waals surface area contributed by atoms with Crippen LogP contribution >= 0.6 is 0 Å². The zero-order valence-corrected chi connectivity index (χ0v) is 13.8. The quantitative estimate of drug-likeness (QED) is 0.551. The minimum absolute atomic E-state index is 0.219. The van der Waals surface area contributed by atoms with E-state index in [9.17, 15) is 4.79 Å². The molecule has 0 spiro atoms. The maximum atomic E-state index is 12.5. The maximum absolute atomic E-state index is 12.5. The lowest BCUT2D eigenvalue weighted by atomic mass is 10.1. The smallest absolute Gasteiger partial charge is 0.343 e. The molecule has 2 aliphatic rings. The summed E-state index contributed by atoms with van der Waals surface area (Å²) in [6, 6.07) is 19.9. The van der Waals surface area contributed by atoms with Crippen LogP contribution in [0.2, 0.25) is 0 Å². The summed E-state index contributed by atoms with van der Waals surface area (Å²) < 4.78 is 5.94.